The van der Waals surface area contributed by atoms with Crippen LogP contribution in [-0.4, -0.2) is 11.2 Å². The number of ether oxygens (including phenoxy) is 1. The Morgan fingerprint density at radius 2 is 1.94 bits per heavy atom. The minimum atomic E-state index is -0.527. The van der Waals surface area contributed by atoms with Crippen LogP contribution >= 0.6 is 11.6 Å². The first kappa shape index (κ1) is 14.3. The van der Waals surface area contributed by atoms with Crippen molar-refractivity contribution < 1.29 is 9.84 Å². The van der Waals surface area contributed by atoms with E-state index in [9.17, 15) is 5.11 Å². The molecule has 2 nitrogen and oxygen atoms in total. The van der Waals surface area contributed by atoms with Gasteiger partial charge < -0.3 is 9.84 Å². The molecule has 0 bridgehead atoms. The van der Waals surface area contributed by atoms with Crippen LogP contribution in [-0.2, 0) is 0 Å². The molecule has 0 fully saturated rings. The van der Waals surface area contributed by atoms with Gasteiger partial charge in [0.25, 0.3) is 0 Å². The monoisotopic (exact) mass is 256 g/mol. The molecular weight excluding hydrogens is 236 g/mol. The van der Waals surface area contributed by atoms with Gasteiger partial charge in [-0.2, -0.15) is 0 Å². The van der Waals surface area contributed by atoms with Crippen LogP contribution in [0.3, 0.4) is 0 Å². The number of aliphatic hydroxyl groups excluding tert-OH is 1. The third-order valence-electron chi connectivity index (χ3n) is 2.78. The molecule has 1 N–H and O–H groups in total. The van der Waals surface area contributed by atoms with Crippen molar-refractivity contribution >= 4 is 11.6 Å². The predicted molar refractivity (Wildman–Crippen MR) is 71.9 cm³/mol. The number of aryl methyl sites for hydroxylation is 1. The molecule has 0 saturated heterocycles. The van der Waals surface area contributed by atoms with Crippen molar-refractivity contribution in [1.82, 2.24) is 0 Å². The van der Waals surface area contributed by atoms with Gasteiger partial charge in [-0.3, -0.25) is 0 Å². The van der Waals surface area contributed by atoms with Gasteiger partial charge in [0.15, 0.2) is 0 Å². The van der Waals surface area contributed by atoms with Gasteiger partial charge in [0.1, 0.15) is 5.75 Å². The Kier molecular flexibility index (Phi) is 4.84. The van der Waals surface area contributed by atoms with Crippen molar-refractivity contribution in [3.8, 4) is 5.75 Å². The highest BCUT2D eigenvalue weighted by Crippen LogP contribution is 2.37. The topological polar surface area (TPSA) is 29.5 Å². The van der Waals surface area contributed by atoms with Crippen LogP contribution in [0.5, 0.6) is 5.75 Å². The molecule has 1 rings (SSSR count). The summed E-state index contributed by atoms with van der Waals surface area (Å²) in [7, 11) is 0. The van der Waals surface area contributed by atoms with Crippen molar-refractivity contribution in [3.05, 3.63) is 27.8 Å². The molecule has 1 aromatic carbocycles. The summed E-state index contributed by atoms with van der Waals surface area (Å²) in [6.45, 7) is 9.77. The normalized spacial score (nSPS) is 12.9. The molecule has 96 valence electrons. The van der Waals surface area contributed by atoms with Crippen molar-refractivity contribution in [2.75, 3.05) is 0 Å². The highest BCUT2D eigenvalue weighted by atomic mass is 35.5. The average Bonchev–Trinajstić information content (AvgIpc) is 2.25. The highest BCUT2D eigenvalue weighted by molar-refractivity contribution is 6.31. The Bertz CT molecular complexity index is 400. The molecule has 0 amide bonds. The summed E-state index contributed by atoms with van der Waals surface area (Å²) >= 11 is 6.16. The second kappa shape index (κ2) is 5.74. The molecule has 0 aliphatic heterocycles. The Morgan fingerprint density at radius 1 is 1.35 bits per heavy atom. The zero-order valence-electron chi connectivity index (χ0n) is 11.2. The van der Waals surface area contributed by atoms with Gasteiger partial charge in [0.05, 0.1) is 12.2 Å². The molecule has 0 aliphatic rings. The summed E-state index contributed by atoms with van der Waals surface area (Å²) in [6, 6.07) is 1.89. The van der Waals surface area contributed by atoms with Gasteiger partial charge in [-0.25, -0.2) is 0 Å². The average molecular weight is 257 g/mol. The van der Waals surface area contributed by atoms with Crippen LogP contribution in [0.15, 0.2) is 6.07 Å². The van der Waals surface area contributed by atoms with E-state index in [1.54, 1.807) is 0 Å². The van der Waals surface area contributed by atoms with E-state index in [0.29, 0.717) is 11.4 Å². The number of halogens is 1. The van der Waals surface area contributed by atoms with Crippen LogP contribution in [0.1, 0.15) is 50.0 Å². The molecular formula is C14H21ClO2. The Hall–Kier alpha value is -0.730. The van der Waals surface area contributed by atoms with Gasteiger partial charge in [0.2, 0.25) is 0 Å². The summed E-state index contributed by atoms with van der Waals surface area (Å²) in [5.74, 6) is 0.774. The Morgan fingerprint density at radius 3 is 2.41 bits per heavy atom. The van der Waals surface area contributed by atoms with E-state index in [1.165, 1.54) is 0 Å². The van der Waals surface area contributed by atoms with Crippen LogP contribution in [0.2, 0.25) is 5.02 Å². The molecule has 0 radical (unpaired) electrons. The lowest BCUT2D eigenvalue weighted by molar-refractivity contribution is 0.160. The van der Waals surface area contributed by atoms with Crippen LogP contribution in [0.4, 0.5) is 0 Å². The molecule has 0 spiro atoms. The van der Waals surface area contributed by atoms with Crippen LogP contribution in [0, 0.1) is 13.8 Å². The Labute approximate surface area is 109 Å². The van der Waals surface area contributed by atoms with Crippen molar-refractivity contribution in [2.45, 2.75) is 53.2 Å². The number of aliphatic hydroxyl groups is 1. The predicted octanol–water partition coefficient (Wildman–Crippen LogP) is 4.19. The van der Waals surface area contributed by atoms with E-state index in [4.69, 9.17) is 16.3 Å². The van der Waals surface area contributed by atoms with E-state index in [2.05, 4.69) is 0 Å². The first-order chi connectivity index (χ1) is 7.88. The van der Waals surface area contributed by atoms with E-state index >= 15 is 0 Å². The third kappa shape index (κ3) is 3.14. The number of benzene rings is 1. The van der Waals surface area contributed by atoms with Gasteiger partial charge in [0, 0.05) is 10.6 Å². The van der Waals surface area contributed by atoms with Gasteiger partial charge in [-0.05, 0) is 51.3 Å². The standard InChI is InChI=1S/C14H21ClO2/c1-6-12(16)13-10(5)11(15)7-9(4)14(13)17-8(2)3/h7-8,12,16H,6H2,1-5H3. The molecule has 0 heterocycles. The first-order valence-corrected chi connectivity index (χ1v) is 6.40. The van der Waals surface area contributed by atoms with Gasteiger partial charge in [-0.15, -0.1) is 0 Å². The number of rotatable bonds is 4. The van der Waals surface area contributed by atoms with E-state index in [0.717, 1.165) is 22.4 Å². The van der Waals surface area contributed by atoms with Crippen molar-refractivity contribution in [3.63, 3.8) is 0 Å². The fourth-order valence-electron chi connectivity index (χ4n) is 1.87. The summed E-state index contributed by atoms with van der Waals surface area (Å²) in [5.41, 5.74) is 2.70. The molecule has 1 atom stereocenters. The molecule has 0 saturated carbocycles. The quantitative estimate of drug-likeness (QED) is 0.875. The minimum absolute atomic E-state index is 0.0806. The van der Waals surface area contributed by atoms with Crippen molar-refractivity contribution in [1.29, 1.82) is 0 Å². The zero-order valence-corrected chi connectivity index (χ0v) is 11.9. The molecule has 17 heavy (non-hydrogen) atoms. The minimum Gasteiger partial charge on any atom is -0.490 e. The smallest absolute Gasteiger partial charge is 0.128 e. The maximum absolute atomic E-state index is 10.1. The lowest BCUT2D eigenvalue weighted by Crippen LogP contribution is -2.12. The lowest BCUT2D eigenvalue weighted by atomic mass is 9.97. The molecule has 0 aliphatic carbocycles. The third-order valence-corrected chi connectivity index (χ3v) is 3.17. The van der Waals surface area contributed by atoms with E-state index < -0.39 is 6.10 Å². The van der Waals surface area contributed by atoms with Gasteiger partial charge >= 0.3 is 0 Å². The zero-order chi connectivity index (χ0) is 13.2. The summed E-state index contributed by atoms with van der Waals surface area (Å²) in [4.78, 5) is 0. The van der Waals surface area contributed by atoms with Crippen LogP contribution in [0.25, 0.3) is 0 Å². The lowest BCUT2D eigenvalue weighted by Gasteiger charge is -2.22. The summed E-state index contributed by atoms with van der Waals surface area (Å²) in [6.07, 6.45) is 0.202. The fourth-order valence-corrected chi connectivity index (χ4v) is 2.14. The second-order valence-corrected chi connectivity index (χ2v) is 5.04. The Balaban J connectivity index is 3.38. The summed E-state index contributed by atoms with van der Waals surface area (Å²) < 4.78 is 5.82. The molecule has 1 aromatic rings. The summed E-state index contributed by atoms with van der Waals surface area (Å²) in [5, 5.41) is 10.8. The van der Waals surface area contributed by atoms with Crippen LogP contribution < -0.4 is 4.74 Å². The maximum Gasteiger partial charge on any atom is 0.128 e. The SMILES string of the molecule is CCC(O)c1c(C)c(Cl)cc(C)c1OC(C)C. The molecule has 0 aromatic heterocycles. The number of hydrogen-bond donors (Lipinski definition) is 1. The van der Waals surface area contributed by atoms with Crippen molar-refractivity contribution in [2.24, 2.45) is 0 Å². The van der Waals surface area contributed by atoms with Gasteiger partial charge in [-0.1, -0.05) is 18.5 Å². The number of hydrogen-bond acceptors (Lipinski definition) is 2. The second-order valence-electron chi connectivity index (χ2n) is 4.63. The van der Waals surface area contributed by atoms with E-state index in [1.807, 2.05) is 40.7 Å². The molecule has 3 heteroatoms. The highest BCUT2D eigenvalue weighted by Gasteiger charge is 2.20. The first-order valence-electron chi connectivity index (χ1n) is 6.02. The molecule has 1 unspecified atom stereocenters. The van der Waals surface area contributed by atoms with E-state index in [-0.39, 0.29) is 6.10 Å². The largest absolute Gasteiger partial charge is 0.490 e. The fraction of sp³-hybridized carbons (Fsp3) is 0.571. The maximum atomic E-state index is 10.1.